The van der Waals surface area contributed by atoms with Crippen LogP contribution in [0.15, 0.2) is 84.9 Å². The lowest BCUT2D eigenvalue weighted by atomic mass is 10.1. The van der Waals surface area contributed by atoms with Crippen molar-refractivity contribution in [2.45, 2.75) is 0 Å². The smallest absolute Gasteiger partial charge is 0.0547 e. The fourth-order valence-corrected chi connectivity index (χ4v) is 3.65. The molecule has 0 saturated heterocycles. The Balaban J connectivity index is 1.99. The van der Waals surface area contributed by atoms with Crippen LogP contribution in [0.25, 0.3) is 38.3 Å². The molecular weight excluding hydrogens is 314 g/mol. The molecule has 0 aliphatic carbocycles. The molecule has 0 atom stereocenters. The Morgan fingerprint density at radius 1 is 0.583 bits per heavy atom. The van der Waals surface area contributed by atoms with E-state index in [1.807, 2.05) is 12.1 Å². The number of aromatic nitrogens is 1. The van der Waals surface area contributed by atoms with Gasteiger partial charge in [-0.15, -0.1) is 0 Å². The number of rotatable bonds is 1. The minimum Gasteiger partial charge on any atom is -0.309 e. The quantitative estimate of drug-likeness (QED) is 0.327. The van der Waals surface area contributed by atoms with E-state index in [2.05, 4.69) is 77.4 Å². The molecule has 0 N–H and O–H groups in total. The third kappa shape index (κ3) is 1.95. The summed E-state index contributed by atoms with van der Waals surface area (Å²) in [5.41, 5.74) is 3.56. The minimum atomic E-state index is 0.755. The van der Waals surface area contributed by atoms with Crippen LogP contribution < -0.4 is 0 Å². The van der Waals surface area contributed by atoms with E-state index in [4.69, 9.17) is 11.6 Å². The molecule has 0 amide bonds. The molecule has 1 heterocycles. The van der Waals surface area contributed by atoms with E-state index >= 15 is 0 Å². The first-order valence-corrected chi connectivity index (χ1v) is 8.37. The van der Waals surface area contributed by atoms with Crippen LogP contribution in [0, 0.1) is 0 Å². The molecule has 2 heteroatoms. The van der Waals surface area contributed by atoms with E-state index in [-0.39, 0.29) is 0 Å². The van der Waals surface area contributed by atoms with E-state index in [9.17, 15) is 0 Å². The molecule has 1 aromatic heterocycles. The van der Waals surface area contributed by atoms with Crippen LogP contribution in [-0.2, 0) is 0 Å². The van der Waals surface area contributed by atoms with Gasteiger partial charge in [-0.3, -0.25) is 0 Å². The summed E-state index contributed by atoms with van der Waals surface area (Å²) in [6, 6.07) is 29.7. The number of fused-ring (bicyclic) bond motifs is 4. The second-order valence-corrected chi connectivity index (χ2v) is 6.48. The van der Waals surface area contributed by atoms with E-state index in [1.165, 1.54) is 32.6 Å². The number of nitrogens with zero attached hydrogens (tertiary/aromatic N) is 1. The number of halogens is 1. The van der Waals surface area contributed by atoms with E-state index in [1.54, 1.807) is 0 Å². The summed E-state index contributed by atoms with van der Waals surface area (Å²) in [7, 11) is 0. The van der Waals surface area contributed by atoms with Crippen LogP contribution in [0.3, 0.4) is 0 Å². The Hall–Kier alpha value is -2.77. The van der Waals surface area contributed by atoms with Crippen LogP contribution in [0.5, 0.6) is 0 Å². The summed E-state index contributed by atoms with van der Waals surface area (Å²) in [4.78, 5) is 0. The Bertz CT molecular complexity index is 1200. The van der Waals surface area contributed by atoms with Crippen LogP contribution in [-0.4, -0.2) is 4.57 Å². The molecule has 114 valence electrons. The third-order valence-electron chi connectivity index (χ3n) is 4.62. The maximum atomic E-state index is 6.08. The van der Waals surface area contributed by atoms with Gasteiger partial charge in [-0.25, -0.2) is 0 Å². The van der Waals surface area contributed by atoms with Crippen LogP contribution in [0.1, 0.15) is 0 Å². The van der Waals surface area contributed by atoms with Crippen LogP contribution >= 0.6 is 11.6 Å². The lowest BCUT2D eigenvalue weighted by Crippen LogP contribution is -1.93. The molecule has 0 aliphatic heterocycles. The topological polar surface area (TPSA) is 4.93 Å². The van der Waals surface area contributed by atoms with E-state index in [0.29, 0.717) is 0 Å². The summed E-state index contributed by atoms with van der Waals surface area (Å²) in [5, 5.41) is 5.82. The van der Waals surface area contributed by atoms with Crippen molar-refractivity contribution in [1.82, 2.24) is 4.57 Å². The monoisotopic (exact) mass is 327 g/mol. The normalized spacial score (nSPS) is 11.5. The van der Waals surface area contributed by atoms with Crippen LogP contribution in [0.4, 0.5) is 0 Å². The first kappa shape index (κ1) is 13.6. The predicted molar refractivity (Wildman–Crippen MR) is 103 cm³/mol. The van der Waals surface area contributed by atoms with Crippen molar-refractivity contribution in [2.75, 3.05) is 0 Å². The van der Waals surface area contributed by atoms with Gasteiger partial charge in [0.05, 0.1) is 11.0 Å². The lowest BCUT2D eigenvalue weighted by Gasteiger charge is -2.08. The van der Waals surface area contributed by atoms with Crippen LogP contribution in [0.2, 0.25) is 5.02 Å². The Morgan fingerprint density at radius 2 is 1.25 bits per heavy atom. The maximum absolute atomic E-state index is 6.08. The molecule has 0 fully saturated rings. The molecule has 1 nitrogen and oxygen atoms in total. The molecule has 0 bridgehead atoms. The molecule has 0 unspecified atom stereocenters. The second kappa shape index (κ2) is 5.12. The van der Waals surface area contributed by atoms with Crippen molar-refractivity contribution in [2.24, 2.45) is 0 Å². The van der Waals surface area contributed by atoms with E-state index in [0.717, 1.165) is 10.7 Å². The first-order chi connectivity index (χ1) is 11.8. The van der Waals surface area contributed by atoms with Gasteiger partial charge in [-0.2, -0.15) is 0 Å². The van der Waals surface area contributed by atoms with Crippen molar-refractivity contribution in [3.05, 3.63) is 90.0 Å². The molecular formula is C22H14ClN. The van der Waals surface area contributed by atoms with Gasteiger partial charge in [0, 0.05) is 21.5 Å². The summed E-state index contributed by atoms with van der Waals surface area (Å²) in [6.45, 7) is 0. The van der Waals surface area contributed by atoms with Crippen molar-refractivity contribution >= 4 is 44.2 Å². The van der Waals surface area contributed by atoms with Crippen molar-refractivity contribution in [3.8, 4) is 5.69 Å². The van der Waals surface area contributed by atoms with Gasteiger partial charge < -0.3 is 4.57 Å². The fraction of sp³-hybridized carbons (Fsp3) is 0. The SMILES string of the molecule is Clc1ccc(-n2c3ccccc3c3cc4ccccc4cc32)cc1. The number of hydrogen-bond donors (Lipinski definition) is 0. The predicted octanol–water partition coefficient (Wildman–Crippen LogP) is 6.59. The Kier molecular flexibility index (Phi) is 2.91. The fourth-order valence-electron chi connectivity index (χ4n) is 3.52. The highest BCUT2D eigenvalue weighted by atomic mass is 35.5. The highest BCUT2D eigenvalue weighted by Crippen LogP contribution is 2.34. The Morgan fingerprint density at radius 3 is 2.04 bits per heavy atom. The maximum Gasteiger partial charge on any atom is 0.0547 e. The molecule has 24 heavy (non-hydrogen) atoms. The molecule has 5 rings (SSSR count). The molecule has 0 aliphatic rings. The van der Waals surface area contributed by atoms with Gasteiger partial charge in [0.25, 0.3) is 0 Å². The lowest BCUT2D eigenvalue weighted by molar-refractivity contribution is 1.18. The van der Waals surface area contributed by atoms with E-state index < -0.39 is 0 Å². The molecule has 0 spiro atoms. The summed E-state index contributed by atoms with van der Waals surface area (Å²) in [5.74, 6) is 0. The summed E-state index contributed by atoms with van der Waals surface area (Å²) < 4.78 is 2.31. The van der Waals surface area contributed by atoms with Gasteiger partial charge in [0.15, 0.2) is 0 Å². The van der Waals surface area contributed by atoms with Crippen molar-refractivity contribution < 1.29 is 0 Å². The third-order valence-corrected chi connectivity index (χ3v) is 4.88. The van der Waals surface area contributed by atoms with Gasteiger partial charge in [0.1, 0.15) is 0 Å². The molecule has 4 aromatic carbocycles. The number of benzene rings is 4. The van der Waals surface area contributed by atoms with Crippen molar-refractivity contribution in [1.29, 1.82) is 0 Å². The highest BCUT2D eigenvalue weighted by molar-refractivity contribution is 6.30. The average Bonchev–Trinajstić information content (AvgIpc) is 2.94. The zero-order chi connectivity index (χ0) is 16.1. The van der Waals surface area contributed by atoms with Gasteiger partial charge in [-0.1, -0.05) is 54.1 Å². The molecule has 0 radical (unpaired) electrons. The zero-order valence-corrected chi connectivity index (χ0v) is 13.7. The standard InChI is InChI=1S/C22H14ClN/c23-17-9-11-18(12-10-17)24-21-8-4-3-7-19(21)20-13-15-5-1-2-6-16(15)14-22(20)24/h1-14H. The largest absolute Gasteiger partial charge is 0.309 e. The number of hydrogen-bond acceptors (Lipinski definition) is 0. The average molecular weight is 328 g/mol. The van der Waals surface area contributed by atoms with Gasteiger partial charge in [0.2, 0.25) is 0 Å². The highest BCUT2D eigenvalue weighted by Gasteiger charge is 2.12. The summed E-state index contributed by atoms with van der Waals surface area (Å²) in [6.07, 6.45) is 0. The summed E-state index contributed by atoms with van der Waals surface area (Å²) >= 11 is 6.08. The van der Waals surface area contributed by atoms with Gasteiger partial charge in [-0.05, 0) is 53.2 Å². The number of para-hydroxylation sites is 1. The van der Waals surface area contributed by atoms with Crippen molar-refractivity contribution in [3.63, 3.8) is 0 Å². The second-order valence-electron chi connectivity index (χ2n) is 6.05. The van der Waals surface area contributed by atoms with Gasteiger partial charge >= 0.3 is 0 Å². The minimum absolute atomic E-state index is 0.755. The Labute approximate surface area is 144 Å². The first-order valence-electron chi connectivity index (χ1n) is 7.99. The zero-order valence-electron chi connectivity index (χ0n) is 12.9. The molecule has 0 saturated carbocycles. The molecule has 5 aromatic rings.